The highest BCUT2D eigenvalue weighted by Gasteiger charge is 2.22. The second-order valence-corrected chi connectivity index (χ2v) is 6.72. The number of benzene rings is 2. The van der Waals surface area contributed by atoms with E-state index >= 15 is 0 Å². The molecule has 1 heterocycles. The lowest BCUT2D eigenvalue weighted by atomic mass is 10.2. The Balaban J connectivity index is 1.95. The molecular formula is C16H17NO7S. The maximum atomic E-state index is 12.6. The number of nitrogens with one attached hydrogen (secondary N) is 1. The number of fused-ring (bicyclic) bond motifs is 1. The first-order valence-electron chi connectivity index (χ1n) is 7.21. The van der Waals surface area contributed by atoms with Gasteiger partial charge in [0.25, 0.3) is 10.0 Å². The van der Waals surface area contributed by atoms with E-state index in [-0.39, 0.29) is 17.4 Å². The van der Waals surface area contributed by atoms with E-state index < -0.39 is 10.0 Å². The average molecular weight is 367 g/mol. The number of anilines is 1. The summed E-state index contributed by atoms with van der Waals surface area (Å²) in [7, 11) is 0.531. The Hall–Kier alpha value is -2.81. The Morgan fingerprint density at radius 1 is 0.920 bits per heavy atom. The van der Waals surface area contributed by atoms with Crippen molar-refractivity contribution in [2.75, 3.05) is 32.8 Å². The molecule has 0 saturated carbocycles. The Bertz CT molecular complexity index is 870. The number of hydrogen-bond donors (Lipinski definition) is 1. The first-order valence-corrected chi connectivity index (χ1v) is 8.69. The number of methoxy groups -OCH3 is 3. The second kappa shape index (κ2) is 6.60. The minimum atomic E-state index is -3.84. The molecule has 1 aliphatic rings. The van der Waals surface area contributed by atoms with E-state index in [4.69, 9.17) is 23.7 Å². The van der Waals surface area contributed by atoms with Gasteiger partial charge in [-0.15, -0.1) is 0 Å². The molecule has 0 aromatic heterocycles. The van der Waals surface area contributed by atoms with Crippen molar-refractivity contribution < 1.29 is 32.1 Å². The van der Waals surface area contributed by atoms with E-state index in [0.717, 1.165) is 0 Å². The standard InChI is InChI=1S/C16H17NO7S/c1-20-14-6-10(7-15(21-2)16(14)22-3)17-25(18,19)11-4-5-12-13(8-11)24-9-23-12/h4-8,17H,9H2,1-3H3. The van der Waals surface area contributed by atoms with Crippen molar-refractivity contribution in [3.05, 3.63) is 30.3 Å². The van der Waals surface area contributed by atoms with E-state index in [1.54, 1.807) is 6.07 Å². The van der Waals surface area contributed by atoms with Crippen LogP contribution in [0.5, 0.6) is 28.7 Å². The minimum Gasteiger partial charge on any atom is -0.493 e. The van der Waals surface area contributed by atoms with Crippen LogP contribution in [-0.4, -0.2) is 36.5 Å². The molecule has 2 aromatic rings. The molecule has 8 nitrogen and oxygen atoms in total. The molecule has 134 valence electrons. The van der Waals surface area contributed by atoms with E-state index in [0.29, 0.717) is 28.7 Å². The van der Waals surface area contributed by atoms with E-state index in [1.807, 2.05) is 0 Å². The Kier molecular flexibility index (Phi) is 4.49. The predicted molar refractivity (Wildman–Crippen MR) is 89.5 cm³/mol. The molecule has 0 amide bonds. The molecule has 25 heavy (non-hydrogen) atoms. The fourth-order valence-corrected chi connectivity index (χ4v) is 3.45. The first kappa shape index (κ1) is 17.0. The lowest BCUT2D eigenvalue weighted by Crippen LogP contribution is -2.13. The van der Waals surface area contributed by atoms with Crippen LogP contribution in [0.3, 0.4) is 0 Å². The smallest absolute Gasteiger partial charge is 0.262 e. The topological polar surface area (TPSA) is 92.3 Å². The molecule has 2 aromatic carbocycles. The van der Waals surface area contributed by atoms with Gasteiger partial charge in [0.2, 0.25) is 12.5 Å². The van der Waals surface area contributed by atoms with E-state index in [1.165, 1.54) is 45.6 Å². The summed E-state index contributed by atoms with van der Waals surface area (Å²) in [5.41, 5.74) is 0.271. The normalized spacial score (nSPS) is 12.6. The highest BCUT2D eigenvalue weighted by atomic mass is 32.2. The third kappa shape index (κ3) is 3.22. The van der Waals surface area contributed by atoms with Crippen molar-refractivity contribution in [1.29, 1.82) is 0 Å². The zero-order valence-electron chi connectivity index (χ0n) is 13.9. The molecule has 0 radical (unpaired) electrons. The number of ether oxygens (including phenoxy) is 5. The summed E-state index contributed by atoms with van der Waals surface area (Å²) in [5, 5.41) is 0. The third-order valence-corrected chi connectivity index (χ3v) is 4.95. The highest BCUT2D eigenvalue weighted by molar-refractivity contribution is 7.92. The van der Waals surface area contributed by atoms with Gasteiger partial charge in [-0.05, 0) is 12.1 Å². The summed E-state index contributed by atoms with van der Waals surface area (Å²) in [6.07, 6.45) is 0. The largest absolute Gasteiger partial charge is 0.493 e. The van der Waals surface area contributed by atoms with Gasteiger partial charge in [0, 0.05) is 18.2 Å². The molecule has 0 fully saturated rings. The SMILES string of the molecule is COc1cc(NS(=O)(=O)c2ccc3c(c2)OCO3)cc(OC)c1OC. The van der Waals surface area contributed by atoms with Crippen molar-refractivity contribution >= 4 is 15.7 Å². The summed E-state index contributed by atoms with van der Waals surface area (Å²) in [6.45, 7) is 0.0686. The Morgan fingerprint density at radius 3 is 2.16 bits per heavy atom. The van der Waals surface area contributed by atoms with Gasteiger partial charge in [-0.25, -0.2) is 8.42 Å². The molecule has 1 aliphatic heterocycles. The van der Waals surface area contributed by atoms with Crippen LogP contribution in [0.4, 0.5) is 5.69 Å². The van der Waals surface area contributed by atoms with Crippen LogP contribution >= 0.6 is 0 Å². The fraction of sp³-hybridized carbons (Fsp3) is 0.250. The zero-order chi connectivity index (χ0) is 18.0. The molecule has 1 N–H and O–H groups in total. The van der Waals surface area contributed by atoms with Crippen LogP contribution in [0.1, 0.15) is 0 Å². The molecule has 0 spiro atoms. The summed E-state index contributed by atoms with van der Waals surface area (Å²) in [4.78, 5) is 0.0468. The number of hydrogen-bond acceptors (Lipinski definition) is 7. The fourth-order valence-electron chi connectivity index (χ4n) is 2.40. The number of rotatable bonds is 6. The third-order valence-electron chi connectivity index (χ3n) is 3.57. The molecule has 9 heteroatoms. The number of sulfonamides is 1. The average Bonchev–Trinajstić information content (AvgIpc) is 3.08. The van der Waals surface area contributed by atoms with Crippen LogP contribution < -0.4 is 28.4 Å². The van der Waals surface area contributed by atoms with Crippen LogP contribution in [0.2, 0.25) is 0 Å². The zero-order valence-corrected chi connectivity index (χ0v) is 14.7. The first-order chi connectivity index (χ1) is 12.0. The summed E-state index contributed by atoms with van der Waals surface area (Å²) >= 11 is 0. The maximum absolute atomic E-state index is 12.6. The molecule has 0 atom stereocenters. The highest BCUT2D eigenvalue weighted by Crippen LogP contribution is 2.41. The molecule has 3 rings (SSSR count). The van der Waals surface area contributed by atoms with Crippen molar-refractivity contribution in [3.8, 4) is 28.7 Å². The Labute approximate surface area is 145 Å². The lowest BCUT2D eigenvalue weighted by molar-refractivity contribution is 0.174. The molecule has 0 aliphatic carbocycles. The molecule has 0 saturated heterocycles. The molecule has 0 bridgehead atoms. The van der Waals surface area contributed by atoms with Gasteiger partial charge in [-0.3, -0.25) is 4.72 Å². The quantitative estimate of drug-likeness (QED) is 0.837. The molecule has 0 unspecified atom stereocenters. The van der Waals surface area contributed by atoms with E-state index in [2.05, 4.69) is 4.72 Å². The summed E-state index contributed by atoms with van der Waals surface area (Å²) in [6, 6.07) is 7.40. The van der Waals surface area contributed by atoms with Crippen molar-refractivity contribution in [2.24, 2.45) is 0 Å². The van der Waals surface area contributed by atoms with Crippen LogP contribution in [0.15, 0.2) is 35.2 Å². The maximum Gasteiger partial charge on any atom is 0.262 e. The monoisotopic (exact) mass is 367 g/mol. The van der Waals surface area contributed by atoms with Crippen LogP contribution in [0.25, 0.3) is 0 Å². The van der Waals surface area contributed by atoms with Gasteiger partial charge >= 0.3 is 0 Å². The van der Waals surface area contributed by atoms with Crippen LogP contribution in [-0.2, 0) is 10.0 Å². The second-order valence-electron chi connectivity index (χ2n) is 5.03. The van der Waals surface area contributed by atoms with E-state index in [9.17, 15) is 8.42 Å². The van der Waals surface area contributed by atoms with Gasteiger partial charge in [-0.2, -0.15) is 0 Å². The lowest BCUT2D eigenvalue weighted by Gasteiger charge is -2.15. The van der Waals surface area contributed by atoms with Gasteiger partial charge in [0.05, 0.1) is 31.9 Å². The Morgan fingerprint density at radius 2 is 1.56 bits per heavy atom. The van der Waals surface area contributed by atoms with Gasteiger partial charge in [0.1, 0.15) is 0 Å². The van der Waals surface area contributed by atoms with Gasteiger partial charge < -0.3 is 23.7 Å². The van der Waals surface area contributed by atoms with Gasteiger partial charge in [0.15, 0.2) is 23.0 Å². The van der Waals surface area contributed by atoms with Crippen molar-refractivity contribution in [1.82, 2.24) is 0 Å². The summed E-state index contributed by atoms with van der Waals surface area (Å²) in [5.74, 6) is 1.94. The minimum absolute atomic E-state index is 0.0468. The van der Waals surface area contributed by atoms with Crippen molar-refractivity contribution in [2.45, 2.75) is 4.90 Å². The van der Waals surface area contributed by atoms with Crippen LogP contribution in [0, 0.1) is 0 Å². The van der Waals surface area contributed by atoms with Gasteiger partial charge in [-0.1, -0.05) is 0 Å². The van der Waals surface area contributed by atoms with Crippen molar-refractivity contribution in [3.63, 3.8) is 0 Å². The predicted octanol–water partition coefficient (Wildman–Crippen LogP) is 2.24. The summed E-state index contributed by atoms with van der Waals surface area (Å²) < 4.78 is 53.8. The molecular weight excluding hydrogens is 350 g/mol.